The minimum atomic E-state index is 0.306. The number of fused-ring (bicyclic) bond motifs is 1. The molecule has 1 aromatic rings. The second kappa shape index (κ2) is 5.02. The highest BCUT2D eigenvalue weighted by Crippen LogP contribution is 2.28. The zero-order valence-corrected chi connectivity index (χ0v) is 11.2. The summed E-state index contributed by atoms with van der Waals surface area (Å²) in [7, 11) is 0. The number of likely N-dealkylation sites (tertiary alicyclic amines) is 1. The number of nitrogens with zero attached hydrogens (tertiary/aromatic N) is 3. The molecule has 4 heteroatoms. The highest BCUT2D eigenvalue weighted by atomic mass is 16.3. The first-order valence-electron chi connectivity index (χ1n) is 7.19. The Morgan fingerprint density at radius 3 is 3.00 bits per heavy atom. The molecule has 1 aromatic heterocycles. The van der Waals surface area contributed by atoms with Crippen LogP contribution in [0.25, 0.3) is 0 Å². The van der Waals surface area contributed by atoms with Gasteiger partial charge in [0.25, 0.3) is 0 Å². The summed E-state index contributed by atoms with van der Waals surface area (Å²) in [6.07, 6.45) is 5.59. The summed E-state index contributed by atoms with van der Waals surface area (Å²) in [5.74, 6) is 2.27. The van der Waals surface area contributed by atoms with Gasteiger partial charge < -0.3 is 14.6 Å². The summed E-state index contributed by atoms with van der Waals surface area (Å²) < 4.78 is 2.27. The van der Waals surface area contributed by atoms with Crippen molar-refractivity contribution < 1.29 is 5.11 Å². The second-order valence-corrected chi connectivity index (χ2v) is 5.70. The summed E-state index contributed by atoms with van der Waals surface area (Å²) in [6.45, 7) is 7.01. The van der Waals surface area contributed by atoms with E-state index >= 15 is 0 Å². The zero-order valence-electron chi connectivity index (χ0n) is 11.2. The van der Waals surface area contributed by atoms with Gasteiger partial charge in [-0.1, -0.05) is 6.92 Å². The number of rotatable bonds is 3. The molecular weight excluding hydrogens is 226 g/mol. The Morgan fingerprint density at radius 1 is 1.39 bits per heavy atom. The van der Waals surface area contributed by atoms with Crippen molar-refractivity contribution in [3.05, 3.63) is 17.7 Å². The summed E-state index contributed by atoms with van der Waals surface area (Å²) in [4.78, 5) is 7.32. The van der Waals surface area contributed by atoms with E-state index in [9.17, 15) is 5.11 Å². The summed E-state index contributed by atoms with van der Waals surface area (Å²) in [6, 6.07) is 0. The summed E-state index contributed by atoms with van der Waals surface area (Å²) in [5.41, 5.74) is 1.28. The SMILES string of the molecule is CCN1CCC(c2cn3c(n2)CCC(CO)C3)C1. The minimum Gasteiger partial charge on any atom is -0.396 e. The van der Waals surface area contributed by atoms with Crippen LogP contribution in [0.5, 0.6) is 0 Å². The third kappa shape index (κ3) is 2.19. The number of aromatic nitrogens is 2. The molecule has 0 spiro atoms. The molecule has 1 fully saturated rings. The molecule has 100 valence electrons. The van der Waals surface area contributed by atoms with Gasteiger partial charge in [0.1, 0.15) is 5.82 Å². The van der Waals surface area contributed by atoms with Crippen LogP contribution in [-0.4, -0.2) is 45.8 Å². The molecule has 3 heterocycles. The molecule has 0 aliphatic carbocycles. The fourth-order valence-corrected chi connectivity index (χ4v) is 3.24. The molecule has 0 radical (unpaired) electrons. The van der Waals surface area contributed by atoms with Crippen LogP contribution in [0, 0.1) is 5.92 Å². The van der Waals surface area contributed by atoms with Crippen molar-refractivity contribution in [2.24, 2.45) is 5.92 Å². The molecule has 0 amide bonds. The number of aryl methyl sites for hydroxylation is 1. The Balaban J connectivity index is 1.74. The molecule has 3 rings (SSSR count). The summed E-state index contributed by atoms with van der Waals surface area (Å²) >= 11 is 0. The topological polar surface area (TPSA) is 41.3 Å². The van der Waals surface area contributed by atoms with Gasteiger partial charge in [-0.3, -0.25) is 0 Å². The Hall–Kier alpha value is -0.870. The summed E-state index contributed by atoms with van der Waals surface area (Å²) in [5, 5.41) is 9.26. The van der Waals surface area contributed by atoms with Crippen molar-refractivity contribution in [1.29, 1.82) is 0 Å². The second-order valence-electron chi connectivity index (χ2n) is 5.70. The van der Waals surface area contributed by atoms with Crippen molar-refractivity contribution in [1.82, 2.24) is 14.5 Å². The Kier molecular flexibility index (Phi) is 3.39. The average molecular weight is 249 g/mol. The highest BCUT2D eigenvalue weighted by Gasteiger charge is 2.27. The lowest BCUT2D eigenvalue weighted by Crippen LogP contribution is -2.22. The van der Waals surface area contributed by atoms with E-state index in [-0.39, 0.29) is 0 Å². The molecule has 1 N–H and O–H groups in total. The van der Waals surface area contributed by atoms with E-state index in [1.807, 2.05) is 0 Å². The average Bonchev–Trinajstić information content (AvgIpc) is 3.03. The predicted molar refractivity (Wildman–Crippen MR) is 70.6 cm³/mol. The first kappa shape index (κ1) is 12.2. The largest absolute Gasteiger partial charge is 0.396 e. The molecule has 18 heavy (non-hydrogen) atoms. The lowest BCUT2D eigenvalue weighted by molar-refractivity contribution is 0.190. The first-order valence-corrected chi connectivity index (χ1v) is 7.19. The normalized spacial score (nSPS) is 28.6. The maximum atomic E-state index is 9.26. The standard InChI is InChI=1S/C14H23N3O/c1-2-16-6-5-12(8-16)13-9-17-7-11(10-18)3-4-14(17)15-13/h9,11-12,18H,2-8,10H2,1H3. The van der Waals surface area contributed by atoms with Gasteiger partial charge in [-0.05, 0) is 25.9 Å². The smallest absolute Gasteiger partial charge is 0.108 e. The van der Waals surface area contributed by atoms with Gasteiger partial charge in [0.2, 0.25) is 0 Å². The van der Waals surface area contributed by atoms with Crippen molar-refractivity contribution in [2.75, 3.05) is 26.2 Å². The maximum absolute atomic E-state index is 9.26. The van der Waals surface area contributed by atoms with E-state index in [1.165, 1.54) is 24.5 Å². The number of hydrogen-bond donors (Lipinski definition) is 1. The van der Waals surface area contributed by atoms with Gasteiger partial charge >= 0.3 is 0 Å². The van der Waals surface area contributed by atoms with Gasteiger partial charge in [0.15, 0.2) is 0 Å². The van der Waals surface area contributed by atoms with Gasteiger partial charge in [0.05, 0.1) is 5.69 Å². The molecule has 0 aromatic carbocycles. The number of hydrogen-bond acceptors (Lipinski definition) is 3. The van der Waals surface area contributed by atoms with Crippen LogP contribution in [0.2, 0.25) is 0 Å². The Labute approximate surface area is 109 Å². The molecule has 2 atom stereocenters. The van der Waals surface area contributed by atoms with E-state index in [0.717, 1.165) is 32.5 Å². The van der Waals surface area contributed by atoms with Gasteiger partial charge in [0, 0.05) is 44.1 Å². The van der Waals surface area contributed by atoms with Crippen LogP contribution in [0.1, 0.15) is 37.2 Å². The maximum Gasteiger partial charge on any atom is 0.108 e. The minimum absolute atomic E-state index is 0.306. The highest BCUT2D eigenvalue weighted by molar-refractivity contribution is 5.13. The molecule has 2 unspecified atom stereocenters. The van der Waals surface area contributed by atoms with E-state index in [2.05, 4.69) is 22.6 Å². The Bertz CT molecular complexity index is 415. The van der Waals surface area contributed by atoms with E-state index < -0.39 is 0 Å². The third-order valence-electron chi connectivity index (χ3n) is 4.50. The van der Waals surface area contributed by atoms with E-state index in [0.29, 0.717) is 18.4 Å². The molecule has 2 aliphatic rings. The third-order valence-corrected chi connectivity index (χ3v) is 4.50. The van der Waals surface area contributed by atoms with E-state index in [4.69, 9.17) is 4.98 Å². The Morgan fingerprint density at radius 2 is 2.28 bits per heavy atom. The number of likely N-dealkylation sites (N-methyl/N-ethyl adjacent to an activating group) is 1. The first-order chi connectivity index (χ1) is 8.80. The lowest BCUT2D eigenvalue weighted by atomic mass is 10.0. The molecule has 0 bridgehead atoms. The van der Waals surface area contributed by atoms with Crippen LogP contribution in [0.15, 0.2) is 6.20 Å². The fourth-order valence-electron chi connectivity index (χ4n) is 3.24. The van der Waals surface area contributed by atoms with Crippen molar-refractivity contribution in [2.45, 2.75) is 38.6 Å². The fraction of sp³-hybridized carbons (Fsp3) is 0.786. The zero-order chi connectivity index (χ0) is 12.5. The van der Waals surface area contributed by atoms with Crippen LogP contribution in [0.4, 0.5) is 0 Å². The number of aliphatic hydroxyl groups excluding tert-OH is 1. The lowest BCUT2D eigenvalue weighted by Gasteiger charge is -2.21. The van der Waals surface area contributed by atoms with Crippen LogP contribution >= 0.6 is 0 Å². The number of aliphatic hydroxyl groups is 1. The monoisotopic (exact) mass is 249 g/mol. The predicted octanol–water partition coefficient (Wildman–Crippen LogP) is 1.25. The van der Waals surface area contributed by atoms with Crippen LogP contribution < -0.4 is 0 Å². The van der Waals surface area contributed by atoms with Crippen molar-refractivity contribution in [3.8, 4) is 0 Å². The molecule has 1 saturated heterocycles. The van der Waals surface area contributed by atoms with Gasteiger partial charge in [-0.25, -0.2) is 4.98 Å². The molecule has 4 nitrogen and oxygen atoms in total. The van der Waals surface area contributed by atoms with Gasteiger partial charge in [-0.15, -0.1) is 0 Å². The van der Waals surface area contributed by atoms with Crippen molar-refractivity contribution in [3.63, 3.8) is 0 Å². The van der Waals surface area contributed by atoms with Crippen molar-refractivity contribution >= 4 is 0 Å². The number of imidazole rings is 1. The van der Waals surface area contributed by atoms with Crippen LogP contribution in [-0.2, 0) is 13.0 Å². The van der Waals surface area contributed by atoms with Crippen LogP contribution in [0.3, 0.4) is 0 Å². The molecule has 2 aliphatic heterocycles. The quantitative estimate of drug-likeness (QED) is 0.876. The van der Waals surface area contributed by atoms with Gasteiger partial charge in [-0.2, -0.15) is 0 Å². The molecule has 0 saturated carbocycles. The molecular formula is C14H23N3O. The van der Waals surface area contributed by atoms with E-state index in [1.54, 1.807) is 0 Å².